The molecular weight excluding hydrogens is 307 g/mol. The molecule has 2 aromatic rings. The van der Waals surface area contributed by atoms with E-state index in [9.17, 15) is 14.0 Å². The smallest absolute Gasteiger partial charge is 0.259 e. The maximum atomic E-state index is 13.6. The van der Waals surface area contributed by atoms with E-state index < -0.39 is 11.7 Å². The third-order valence-electron chi connectivity index (χ3n) is 2.59. The van der Waals surface area contributed by atoms with Crippen LogP contribution in [0.2, 0.25) is 5.02 Å². The van der Waals surface area contributed by atoms with Crippen LogP contribution in [0.1, 0.15) is 41.5 Å². The Morgan fingerprint density at radius 2 is 1.86 bits per heavy atom. The standard InChI is InChI=1S/C14H10ClFN2O2.C2H6/c1-8(19)10-3-2-6-17-13(10)18-14(20)11-7-9(15)4-5-12(11)16;1-2/h2-7H,1H3,(H,17,18,20);1-2H3. The zero-order valence-electron chi connectivity index (χ0n) is 12.5. The number of hydrogen-bond acceptors (Lipinski definition) is 3. The number of halogens is 2. The molecule has 1 heterocycles. The predicted octanol–water partition coefficient (Wildman–Crippen LogP) is 4.36. The number of Topliss-reactive ketones (excluding diaryl/α,β-unsaturated/α-hetero) is 1. The predicted molar refractivity (Wildman–Crippen MR) is 85.0 cm³/mol. The fraction of sp³-hybridized carbons (Fsp3) is 0.188. The van der Waals surface area contributed by atoms with Crippen LogP contribution in [0.15, 0.2) is 36.5 Å². The van der Waals surface area contributed by atoms with Gasteiger partial charge in [0.25, 0.3) is 5.91 Å². The molecule has 0 atom stereocenters. The molecule has 0 fully saturated rings. The van der Waals surface area contributed by atoms with E-state index in [0.29, 0.717) is 0 Å². The van der Waals surface area contributed by atoms with Gasteiger partial charge in [-0.25, -0.2) is 9.37 Å². The molecule has 22 heavy (non-hydrogen) atoms. The number of anilines is 1. The Bertz CT molecular complexity index is 690. The van der Waals surface area contributed by atoms with Crippen molar-refractivity contribution in [3.63, 3.8) is 0 Å². The minimum atomic E-state index is -0.716. The van der Waals surface area contributed by atoms with Gasteiger partial charge in [-0.05, 0) is 37.3 Å². The van der Waals surface area contributed by atoms with Gasteiger partial charge in [0.05, 0.1) is 11.1 Å². The number of amides is 1. The maximum absolute atomic E-state index is 13.6. The molecule has 0 spiro atoms. The van der Waals surface area contributed by atoms with E-state index >= 15 is 0 Å². The summed E-state index contributed by atoms with van der Waals surface area (Å²) in [5.74, 6) is -1.58. The number of nitrogens with one attached hydrogen (secondary N) is 1. The quantitative estimate of drug-likeness (QED) is 0.854. The summed E-state index contributed by atoms with van der Waals surface area (Å²) in [6.45, 7) is 5.35. The van der Waals surface area contributed by atoms with Gasteiger partial charge in [0.1, 0.15) is 11.6 Å². The molecule has 1 aromatic carbocycles. The summed E-state index contributed by atoms with van der Waals surface area (Å²) in [7, 11) is 0. The second-order valence-corrected chi connectivity index (χ2v) is 4.47. The van der Waals surface area contributed by atoms with Crippen LogP contribution in [0.25, 0.3) is 0 Å². The zero-order chi connectivity index (χ0) is 16.7. The first kappa shape index (κ1) is 17.8. The Labute approximate surface area is 133 Å². The van der Waals surface area contributed by atoms with Crippen molar-refractivity contribution in [1.29, 1.82) is 0 Å². The summed E-state index contributed by atoms with van der Waals surface area (Å²) in [6.07, 6.45) is 1.43. The maximum Gasteiger partial charge on any atom is 0.259 e. The van der Waals surface area contributed by atoms with E-state index in [0.717, 1.165) is 6.07 Å². The minimum absolute atomic E-state index is 0.0874. The second kappa shape index (κ2) is 8.24. The number of aromatic nitrogens is 1. The first-order chi connectivity index (χ1) is 10.5. The average Bonchev–Trinajstić information content (AvgIpc) is 2.52. The van der Waals surface area contributed by atoms with Gasteiger partial charge in [-0.1, -0.05) is 25.4 Å². The summed E-state index contributed by atoms with van der Waals surface area (Å²) < 4.78 is 13.6. The fourth-order valence-electron chi connectivity index (χ4n) is 1.64. The minimum Gasteiger partial charge on any atom is -0.306 e. The highest BCUT2D eigenvalue weighted by Gasteiger charge is 2.16. The molecule has 4 nitrogen and oxygen atoms in total. The molecule has 0 unspecified atom stereocenters. The number of ketones is 1. The third kappa shape index (κ3) is 4.36. The molecule has 0 aliphatic heterocycles. The van der Waals surface area contributed by atoms with Crippen LogP contribution < -0.4 is 5.32 Å². The van der Waals surface area contributed by atoms with Crippen LogP contribution >= 0.6 is 11.6 Å². The van der Waals surface area contributed by atoms with E-state index in [1.807, 2.05) is 13.8 Å². The Morgan fingerprint density at radius 3 is 2.50 bits per heavy atom. The summed E-state index contributed by atoms with van der Waals surface area (Å²) in [5.41, 5.74) is 0.0425. The van der Waals surface area contributed by atoms with Gasteiger partial charge in [-0.2, -0.15) is 0 Å². The number of hydrogen-bond donors (Lipinski definition) is 1. The molecule has 1 N–H and O–H groups in total. The Hall–Kier alpha value is -2.27. The molecule has 0 saturated carbocycles. The first-order valence-electron chi connectivity index (χ1n) is 6.71. The number of rotatable bonds is 3. The monoisotopic (exact) mass is 322 g/mol. The van der Waals surface area contributed by atoms with Gasteiger partial charge in [0, 0.05) is 11.2 Å². The van der Waals surface area contributed by atoms with Crippen LogP contribution in [-0.2, 0) is 0 Å². The van der Waals surface area contributed by atoms with Gasteiger partial charge >= 0.3 is 0 Å². The third-order valence-corrected chi connectivity index (χ3v) is 2.83. The largest absolute Gasteiger partial charge is 0.306 e. The molecule has 6 heteroatoms. The normalized spacial score (nSPS) is 9.50. The van der Waals surface area contributed by atoms with Crippen LogP contribution in [0.5, 0.6) is 0 Å². The second-order valence-electron chi connectivity index (χ2n) is 4.03. The van der Waals surface area contributed by atoms with Gasteiger partial charge in [0.15, 0.2) is 5.78 Å². The van der Waals surface area contributed by atoms with Crippen molar-refractivity contribution in [2.75, 3.05) is 5.32 Å². The van der Waals surface area contributed by atoms with Crippen LogP contribution in [-0.4, -0.2) is 16.7 Å². The van der Waals surface area contributed by atoms with E-state index in [1.54, 1.807) is 6.07 Å². The average molecular weight is 323 g/mol. The van der Waals surface area contributed by atoms with Gasteiger partial charge < -0.3 is 5.32 Å². The number of carbonyl (C=O) groups excluding carboxylic acids is 2. The Morgan fingerprint density at radius 1 is 1.18 bits per heavy atom. The Kier molecular flexibility index (Phi) is 6.66. The summed E-state index contributed by atoms with van der Waals surface area (Å²) in [6, 6.07) is 6.76. The molecule has 116 valence electrons. The van der Waals surface area contributed by atoms with Gasteiger partial charge in [0.2, 0.25) is 0 Å². The number of carbonyl (C=O) groups is 2. The van der Waals surface area contributed by atoms with Crippen LogP contribution in [0.4, 0.5) is 10.2 Å². The fourth-order valence-corrected chi connectivity index (χ4v) is 1.81. The molecular formula is C16H16ClFN2O2. The molecule has 0 radical (unpaired) electrons. The van der Waals surface area contributed by atoms with Crippen molar-refractivity contribution in [1.82, 2.24) is 4.98 Å². The zero-order valence-corrected chi connectivity index (χ0v) is 13.2. The van der Waals surface area contributed by atoms with Crippen LogP contribution in [0.3, 0.4) is 0 Å². The lowest BCUT2D eigenvalue weighted by molar-refractivity contribution is 0.101. The van der Waals surface area contributed by atoms with Crippen molar-refractivity contribution in [2.45, 2.75) is 20.8 Å². The van der Waals surface area contributed by atoms with Crippen molar-refractivity contribution in [3.05, 3.63) is 58.5 Å². The molecule has 0 bridgehead atoms. The topological polar surface area (TPSA) is 59.1 Å². The van der Waals surface area contributed by atoms with Crippen molar-refractivity contribution >= 4 is 29.1 Å². The van der Waals surface area contributed by atoms with E-state index in [-0.39, 0.29) is 27.8 Å². The van der Waals surface area contributed by atoms with E-state index in [4.69, 9.17) is 11.6 Å². The highest BCUT2D eigenvalue weighted by molar-refractivity contribution is 6.31. The summed E-state index contributed by atoms with van der Waals surface area (Å²) >= 11 is 5.73. The van der Waals surface area contributed by atoms with E-state index in [1.165, 1.54) is 31.3 Å². The molecule has 0 aliphatic carbocycles. The molecule has 0 aliphatic rings. The van der Waals surface area contributed by atoms with E-state index in [2.05, 4.69) is 10.3 Å². The van der Waals surface area contributed by atoms with Gasteiger partial charge in [-0.15, -0.1) is 0 Å². The number of nitrogens with zero attached hydrogens (tertiary/aromatic N) is 1. The van der Waals surface area contributed by atoms with Crippen molar-refractivity contribution < 1.29 is 14.0 Å². The Balaban J connectivity index is 0.00000116. The molecule has 1 aromatic heterocycles. The first-order valence-corrected chi connectivity index (χ1v) is 7.09. The SMILES string of the molecule is CC.CC(=O)c1cccnc1NC(=O)c1cc(Cl)ccc1F. The van der Waals surface area contributed by atoms with Crippen molar-refractivity contribution in [2.24, 2.45) is 0 Å². The van der Waals surface area contributed by atoms with Crippen molar-refractivity contribution in [3.8, 4) is 0 Å². The molecule has 1 amide bonds. The molecule has 2 rings (SSSR count). The summed E-state index contributed by atoms with van der Waals surface area (Å²) in [5, 5.41) is 2.65. The highest BCUT2D eigenvalue weighted by Crippen LogP contribution is 2.18. The number of benzene rings is 1. The van der Waals surface area contributed by atoms with Gasteiger partial charge in [-0.3, -0.25) is 9.59 Å². The highest BCUT2D eigenvalue weighted by atomic mass is 35.5. The molecule has 0 saturated heterocycles. The lowest BCUT2D eigenvalue weighted by Gasteiger charge is -2.08. The number of pyridine rings is 1. The lowest BCUT2D eigenvalue weighted by atomic mass is 10.1. The van der Waals surface area contributed by atoms with Crippen LogP contribution in [0, 0.1) is 5.82 Å². The summed E-state index contributed by atoms with van der Waals surface area (Å²) in [4.78, 5) is 27.3. The lowest BCUT2D eigenvalue weighted by Crippen LogP contribution is -2.16.